The van der Waals surface area contributed by atoms with Crippen molar-refractivity contribution in [2.24, 2.45) is 0 Å². The number of aryl methyl sites for hydroxylation is 1. The van der Waals surface area contributed by atoms with Crippen molar-refractivity contribution in [1.82, 2.24) is 9.21 Å². The number of nitrogens with zero attached hydrogens (tertiary/aromatic N) is 3. The molecule has 0 saturated carbocycles. The first-order chi connectivity index (χ1) is 10.4. The van der Waals surface area contributed by atoms with Crippen LogP contribution in [0.25, 0.3) is 0 Å². The first-order valence-electron chi connectivity index (χ1n) is 7.08. The topological polar surface area (TPSA) is 81.5 Å². The van der Waals surface area contributed by atoms with E-state index in [1.54, 1.807) is 24.3 Å². The molecule has 1 aliphatic heterocycles. The summed E-state index contributed by atoms with van der Waals surface area (Å²) >= 11 is 0. The molecule has 1 aliphatic rings. The minimum absolute atomic E-state index is 0.0479. The van der Waals surface area contributed by atoms with E-state index in [1.165, 1.54) is 16.3 Å². The maximum Gasteiger partial charge on any atom is 0.243 e. The summed E-state index contributed by atoms with van der Waals surface area (Å²) in [6.07, 6.45) is 1.13. The Labute approximate surface area is 131 Å². The van der Waals surface area contributed by atoms with Crippen LogP contribution >= 0.6 is 0 Å². The maximum atomic E-state index is 12.7. The summed E-state index contributed by atoms with van der Waals surface area (Å²) < 4.78 is 26.7. The molecule has 1 heterocycles. The van der Waals surface area contributed by atoms with Gasteiger partial charge in [-0.3, -0.25) is 4.79 Å². The van der Waals surface area contributed by atoms with E-state index in [2.05, 4.69) is 0 Å². The lowest BCUT2D eigenvalue weighted by atomic mass is 10.2. The Kier molecular flexibility index (Phi) is 4.84. The van der Waals surface area contributed by atoms with Gasteiger partial charge in [0.25, 0.3) is 0 Å². The van der Waals surface area contributed by atoms with Gasteiger partial charge in [-0.15, -0.1) is 0 Å². The maximum absolute atomic E-state index is 12.7. The lowest BCUT2D eigenvalue weighted by Crippen LogP contribution is -2.46. The molecule has 118 valence electrons. The second kappa shape index (κ2) is 6.46. The highest BCUT2D eigenvalue weighted by molar-refractivity contribution is 7.89. The summed E-state index contributed by atoms with van der Waals surface area (Å²) in [5.74, 6) is -0.324. The van der Waals surface area contributed by atoms with Gasteiger partial charge >= 0.3 is 0 Å². The fraction of sp³-hybridized carbons (Fsp3) is 0.467. The first-order valence-corrected chi connectivity index (χ1v) is 8.52. The zero-order valence-corrected chi connectivity index (χ0v) is 13.5. The van der Waals surface area contributed by atoms with Crippen molar-refractivity contribution < 1.29 is 13.2 Å². The lowest BCUT2D eigenvalue weighted by molar-refractivity contribution is -0.132. The average Bonchev–Trinajstić information content (AvgIpc) is 2.97. The molecule has 2 rings (SSSR count). The van der Waals surface area contributed by atoms with Gasteiger partial charge in [-0.2, -0.15) is 9.57 Å². The first kappa shape index (κ1) is 16.5. The fourth-order valence-corrected chi connectivity index (χ4v) is 4.21. The molecule has 0 N–H and O–H groups in total. The Balaban J connectivity index is 2.28. The average molecular weight is 321 g/mol. The van der Waals surface area contributed by atoms with Crippen LogP contribution in [0.5, 0.6) is 0 Å². The normalized spacial score (nSPS) is 18.9. The Morgan fingerprint density at radius 2 is 2.05 bits per heavy atom. The molecule has 7 heteroatoms. The van der Waals surface area contributed by atoms with Crippen molar-refractivity contribution in [2.75, 3.05) is 20.1 Å². The third-order valence-electron chi connectivity index (χ3n) is 3.80. The van der Waals surface area contributed by atoms with E-state index < -0.39 is 16.1 Å². The van der Waals surface area contributed by atoms with E-state index in [4.69, 9.17) is 5.26 Å². The molecule has 1 amide bonds. The number of hydrogen-bond donors (Lipinski definition) is 0. The van der Waals surface area contributed by atoms with Crippen LogP contribution in [0.2, 0.25) is 0 Å². The molecule has 1 atom stereocenters. The largest absolute Gasteiger partial charge is 0.331 e. The number of likely N-dealkylation sites (N-methyl/N-ethyl adjacent to an activating group) is 1. The molecular formula is C15H19N3O3S. The summed E-state index contributed by atoms with van der Waals surface area (Å²) in [6, 6.07) is 7.78. The van der Waals surface area contributed by atoms with E-state index in [0.717, 1.165) is 5.56 Å². The van der Waals surface area contributed by atoms with Crippen LogP contribution in [0.1, 0.15) is 18.4 Å². The third kappa shape index (κ3) is 3.13. The van der Waals surface area contributed by atoms with Gasteiger partial charge in [0, 0.05) is 13.6 Å². The van der Waals surface area contributed by atoms with Crippen molar-refractivity contribution in [2.45, 2.75) is 30.7 Å². The van der Waals surface area contributed by atoms with Gasteiger partial charge in [0.2, 0.25) is 15.9 Å². The second-order valence-electron chi connectivity index (χ2n) is 5.44. The van der Waals surface area contributed by atoms with Crippen molar-refractivity contribution in [3.63, 3.8) is 0 Å². The van der Waals surface area contributed by atoms with Crippen LogP contribution in [0.15, 0.2) is 29.2 Å². The smallest absolute Gasteiger partial charge is 0.243 e. The van der Waals surface area contributed by atoms with Crippen LogP contribution in [0.4, 0.5) is 0 Å². The molecule has 1 fully saturated rings. The van der Waals surface area contributed by atoms with Gasteiger partial charge in [-0.25, -0.2) is 8.42 Å². The highest BCUT2D eigenvalue weighted by atomic mass is 32.2. The molecule has 0 aromatic heterocycles. The minimum Gasteiger partial charge on any atom is -0.331 e. The standard InChI is InChI=1S/C15H19N3O3S/c1-12-5-7-13(8-6-12)22(20,21)18-10-3-4-14(18)15(19)17(2)11-9-16/h5-8,14H,3-4,10-11H2,1-2H3/t14-/m0/s1. The van der Waals surface area contributed by atoms with Crippen LogP contribution in [0.3, 0.4) is 0 Å². The van der Waals surface area contributed by atoms with Gasteiger partial charge in [0.05, 0.1) is 11.0 Å². The predicted octanol–water partition coefficient (Wildman–Crippen LogP) is 1.13. The lowest BCUT2D eigenvalue weighted by Gasteiger charge is -2.26. The Bertz CT molecular complexity index is 692. The summed E-state index contributed by atoms with van der Waals surface area (Å²) in [4.78, 5) is 13.8. The van der Waals surface area contributed by atoms with E-state index in [0.29, 0.717) is 19.4 Å². The zero-order chi connectivity index (χ0) is 16.3. The van der Waals surface area contributed by atoms with Gasteiger partial charge in [-0.1, -0.05) is 17.7 Å². The molecular weight excluding hydrogens is 302 g/mol. The fourth-order valence-electron chi connectivity index (χ4n) is 2.56. The summed E-state index contributed by atoms with van der Waals surface area (Å²) in [5.41, 5.74) is 0.974. The second-order valence-corrected chi connectivity index (χ2v) is 7.33. The number of amides is 1. The van der Waals surface area contributed by atoms with Gasteiger partial charge in [-0.05, 0) is 31.9 Å². The van der Waals surface area contributed by atoms with Crippen LogP contribution in [0, 0.1) is 18.3 Å². The zero-order valence-electron chi connectivity index (χ0n) is 12.7. The van der Waals surface area contributed by atoms with Crippen molar-refractivity contribution >= 4 is 15.9 Å². The van der Waals surface area contributed by atoms with Gasteiger partial charge in [0.1, 0.15) is 12.6 Å². The molecule has 22 heavy (non-hydrogen) atoms. The summed E-state index contributed by atoms with van der Waals surface area (Å²) in [7, 11) is -2.18. The number of carbonyl (C=O) groups is 1. The number of carbonyl (C=O) groups excluding carboxylic acids is 1. The van der Waals surface area contributed by atoms with E-state index >= 15 is 0 Å². The van der Waals surface area contributed by atoms with Crippen LogP contribution < -0.4 is 0 Å². The van der Waals surface area contributed by atoms with Crippen LogP contribution in [-0.2, 0) is 14.8 Å². The number of rotatable bonds is 4. The Hall–Kier alpha value is -1.91. The quantitative estimate of drug-likeness (QED) is 0.779. The number of hydrogen-bond acceptors (Lipinski definition) is 4. The van der Waals surface area contributed by atoms with Gasteiger partial charge < -0.3 is 4.90 Å². The number of nitriles is 1. The van der Waals surface area contributed by atoms with E-state index in [9.17, 15) is 13.2 Å². The minimum atomic E-state index is -3.70. The monoisotopic (exact) mass is 321 g/mol. The van der Waals surface area contributed by atoms with E-state index in [1.807, 2.05) is 13.0 Å². The molecule has 6 nitrogen and oxygen atoms in total. The van der Waals surface area contributed by atoms with Crippen molar-refractivity contribution in [3.05, 3.63) is 29.8 Å². The third-order valence-corrected chi connectivity index (χ3v) is 5.72. The molecule has 1 aromatic rings. The molecule has 0 bridgehead atoms. The molecule has 0 radical (unpaired) electrons. The highest BCUT2D eigenvalue weighted by Gasteiger charge is 2.40. The Morgan fingerprint density at radius 1 is 1.41 bits per heavy atom. The molecule has 1 aromatic carbocycles. The predicted molar refractivity (Wildman–Crippen MR) is 81.3 cm³/mol. The van der Waals surface area contributed by atoms with Crippen molar-refractivity contribution in [1.29, 1.82) is 5.26 Å². The molecule has 0 unspecified atom stereocenters. The summed E-state index contributed by atoms with van der Waals surface area (Å²) in [5, 5.41) is 8.68. The number of sulfonamides is 1. The number of benzene rings is 1. The molecule has 0 spiro atoms. The Morgan fingerprint density at radius 3 is 2.64 bits per heavy atom. The summed E-state index contributed by atoms with van der Waals surface area (Å²) in [6.45, 7) is 2.16. The molecule has 0 aliphatic carbocycles. The van der Waals surface area contributed by atoms with E-state index in [-0.39, 0.29) is 17.3 Å². The van der Waals surface area contributed by atoms with Crippen LogP contribution in [-0.4, -0.2) is 49.7 Å². The van der Waals surface area contributed by atoms with Gasteiger partial charge in [0.15, 0.2) is 0 Å². The SMILES string of the molecule is Cc1ccc(S(=O)(=O)N2CCC[C@H]2C(=O)N(C)CC#N)cc1. The van der Waals surface area contributed by atoms with Crippen molar-refractivity contribution in [3.8, 4) is 6.07 Å². The molecule has 1 saturated heterocycles. The highest BCUT2D eigenvalue weighted by Crippen LogP contribution is 2.27.